The van der Waals surface area contributed by atoms with E-state index in [1.165, 1.54) is 16.8 Å². The minimum atomic E-state index is 0.253. The molecule has 0 unspecified atom stereocenters. The number of H-pyrrole nitrogens is 1. The fraction of sp³-hybridized carbons (Fsp3) is 0.682. The first kappa shape index (κ1) is 19.7. The van der Waals surface area contributed by atoms with Gasteiger partial charge in [-0.3, -0.25) is 9.69 Å². The van der Waals surface area contributed by atoms with Crippen LogP contribution >= 0.6 is 0 Å². The Balaban J connectivity index is 1.83. The lowest BCUT2D eigenvalue weighted by Crippen LogP contribution is -2.50. The topological polar surface area (TPSA) is 61.5 Å². The summed E-state index contributed by atoms with van der Waals surface area (Å²) in [7, 11) is 0. The van der Waals surface area contributed by atoms with E-state index in [4.69, 9.17) is 0 Å². The maximum absolute atomic E-state index is 12.4. The summed E-state index contributed by atoms with van der Waals surface area (Å²) in [4.78, 5) is 20.2. The Hall–Kier alpha value is -2.09. The van der Waals surface area contributed by atoms with Gasteiger partial charge < -0.3 is 4.90 Å². The molecule has 5 heteroatoms. The average molecular weight is 370 g/mol. The van der Waals surface area contributed by atoms with Crippen molar-refractivity contribution in [3.05, 3.63) is 22.4 Å². The Kier molecular flexibility index (Phi) is 6.04. The van der Waals surface area contributed by atoms with E-state index in [9.17, 15) is 10.1 Å². The quantitative estimate of drug-likeness (QED) is 0.802. The number of pyridine rings is 1. The molecule has 1 N–H and O–H groups in total. The average Bonchev–Trinajstić information content (AvgIpc) is 3.10. The van der Waals surface area contributed by atoms with Crippen molar-refractivity contribution < 1.29 is 9.78 Å². The number of nitrogens with zero attached hydrogens (tertiary/aromatic N) is 3. The Bertz CT molecular complexity index is 740. The second-order valence-electron chi connectivity index (χ2n) is 8.81. The molecule has 1 fully saturated rings. The van der Waals surface area contributed by atoms with E-state index in [1.807, 2.05) is 4.90 Å². The van der Waals surface area contributed by atoms with Crippen molar-refractivity contribution in [2.45, 2.75) is 59.8 Å². The standard InChI is InChI=1S/C22H32N4O/c1-15(2)12-20-18-7-5-6-17(18)19(14-23)22(24-20)26-10-8-25(9-11-26)21(27)13-16(3)4/h15-16H,5-13H2,1-4H3/p+1. The predicted molar refractivity (Wildman–Crippen MR) is 107 cm³/mol. The van der Waals surface area contributed by atoms with Crippen LogP contribution in [0.4, 0.5) is 5.82 Å². The zero-order chi connectivity index (χ0) is 19.6. The Morgan fingerprint density at radius 1 is 1.07 bits per heavy atom. The van der Waals surface area contributed by atoms with Crippen molar-refractivity contribution in [2.24, 2.45) is 11.8 Å². The largest absolute Gasteiger partial charge is 0.335 e. The van der Waals surface area contributed by atoms with Crippen LogP contribution in [0.1, 0.15) is 62.9 Å². The van der Waals surface area contributed by atoms with Crippen LogP contribution in [0.15, 0.2) is 0 Å². The SMILES string of the molecule is CC(C)CC(=O)N1CCN(c2[nH+]c(CC(C)C)c3c(c2C#N)CCC3)CC1. The molecule has 0 atom stereocenters. The molecule has 1 aromatic heterocycles. The molecule has 0 aromatic carbocycles. The monoisotopic (exact) mass is 369 g/mol. The van der Waals surface area contributed by atoms with Gasteiger partial charge in [-0.05, 0) is 42.2 Å². The third-order valence-corrected chi connectivity index (χ3v) is 5.65. The number of anilines is 1. The number of rotatable bonds is 5. The maximum atomic E-state index is 12.4. The molecule has 3 rings (SSSR count). The van der Waals surface area contributed by atoms with Gasteiger partial charge in [-0.2, -0.15) is 5.26 Å². The van der Waals surface area contributed by atoms with Crippen LogP contribution in [-0.4, -0.2) is 37.0 Å². The van der Waals surface area contributed by atoms with Crippen molar-refractivity contribution in [3.63, 3.8) is 0 Å². The molecule has 2 heterocycles. The van der Waals surface area contributed by atoms with Gasteiger partial charge >= 0.3 is 0 Å². The molecular weight excluding hydrogens is 336 g/mol. The summed E-state index contributed by atoms with van der Waals surface area (Å²) in [5.74, 6) is 2.20. The first-order valence-corrected chi connectivity index (χ1v) is 10.4. The van der Waals surface area contributed by atoms with Crippen LogP contribution in [0.2, 0.25) is 0 Å². The zero-order valence-corrected chi connectivity index (χ0v) is 17.3. The Morgan fingerprint density at radius 3 is 2.33 bits per heavy atom. The first-order chi connectivity index (χ1) is 12.9. The van der Waals surface area contributed by atoms with E-state index in [2.05, 4.69) is 43.6 Å². The number of aromatic amines is 1. The fourth-order valence-corrected chi connectivity index (χ4v) is 4.37. The van der Waals surface area contributed by atoms with Crippen molar-refractivity contribution in [1.82, 2.24) is 4.90 Å². The number of nitrogens with one attached hydrogen (secondary N) is 1. The molecule has 27 heavy (non-hydrogen) atoms. The van der Waals surface area contributed by atoms with Gasteiger partial charge in [0.2, 0.25) is 5.91 Å². The predicted octanol–water partition coefficient (Wildman–Crippen LogP) is 2.75. The molecule has 2 aliphatic rings. The van der Waals surface area contributed by atoms with Gasteiger partial charge in [-0.15, -0.1) is 0 Å². The third kappa shape index (κ3) is 4.26. The maximum Gasteiger partial charge on any atom is 0.293 e. The number of hydrogen-bond donors (Lipinski definition) is 0. The van der Waals surface area contributed by atoms with Gasteiger partial charge in [0.15, 0.2) is 0 Å². The van der Waals surface area contributed by atoms with Gasteiger partial charge in [0, 0.05) is 12.8 Å². The van der Waals surface area contributed by atoms with Crippen LogP contribution in [0, 0.1) is 23.2 Å². The number of piperazine rings is 1. The molecule has 1 aromatic rings. The molecular formula is C22H33N4O+. The highest BCUT2D eigenvalue weighted by atomic mass is 16.2. The van der Waals surface area contributed by atoms with E-state index in [-0.39, 0.29) is 5.91 Å². The minimum absolute atomic E-state index is 0.253. The first-order valence-electron chi connectivity index (χ1n) is 10.4. The van der Waals surface area contributed by atoms with Crippen LogP contribution < -0.4 is 9.88 Å². The number of amides is 1. The van der Waals surface area contributed by atoms with Gasteiger partial charge in [0.1, 0.15) is 30.4 Å². The van der Waals surface area contributed by atoms with Gasteiger partial charge in [-0.1, -0.05) is 27.7 Å². The molecule has 0 spiro atoms. The summed E-state index contributed by atoms with van der Waals surface area (Å²) in [6.07, 6.45) is 4.88. The van der Waals surface area contributed by atoms with E-state index >= 15 is 0 Å². The molecule has 0 bridgehead atoms. The summed E-state index contributed by atoms with van der Waals surface area (Å²) in [5, 5.41) is 9.86. The number of nitriles is 1. The highest BCUT2D eigenvalue weighted by Gasteiger charge is 2.33. The molecule has 1 saturated heterocycles. The molecule has 0 radical (unpaired) electrons. The van der Waals surface area contributed by atoms with Crippen LogP contribution in [0.25, 0.3) is 0 Å². The molecule has 5 nitrogen and oxygen atoms in total. The lowest BCUT2D eigenvalue weighted by molar-refractivity contribution is -0.378. The summed E-state index contributed by atoms with van der Waals surface area (Å²) < 4.78 is 0. The summed E-state index contributed by atoms with van der Waals surface area (Å²) >= 11 is 0. The number of hydrogen-bond acceptors (Lipinski definition) is 3. The highest BCUT2D eigenvalue weighted by Crippen LogP contribution is 2.32. The van der Waals surface area contributed by atoms with Gasteiger partial charge in [0.25, 0.3) is 5.82 Å². The fourth-order valence-electron chi connectivity index (χ4n) is 4.37. The van der Waals surface area contributed by atoms with Crippen molar-refractivity contribution >= 4 is 11.7 Å². The molecule has 1 amide bonds. The lowest BCUT2D eigenvalue weighted by Gasteiger charge is -2.32. The second-order valence-corrected chi connectivity index (χ2v) is 8.81. The van der Waals surface area contributed by atoms with E-state index < -0.39 is 0 Å². The van der Waals surface area contributed by atoms with Gasteiger partial charge in [0.05, 0.1) is 13.1 Å². The van der Waals surface area contributed by atoms with E-state index in [1.54, 1.807) is 0 Å². The van der Waals surface area contributed by atoms with Crippen LogP contribution in [0.3, 0.4) is 0 Å². The van der Waals surface area contributed by atoms with Gasteiger partial charge in [-0.25, -0.2) is 4.98 Å². The normalized spacial score (nSPS) is 16.8. The summed E-state index contributed by atoms with van der Waals surface area (Å²) in [6.45, 7) is 11.7. The number of carbonyl (C=O) groups excluding carboxylic acids is 1. The summed E-state index contributed by atoms with van der Waals surface area (Å²) in [5.41, 5.74) is 4.79. The lowest BCUT2D eigenvalue weighted by atomic mass is 9.97. The van der Waals surface area contributed by atoms with E-state index in [0.29, 0.717) is 18.3 Å². The second kappa shape index (κ2) is 8.29. The number of fused-ring (bicyclic) bond motifs is 1. The van der Waals surface area contributed by atoms with Crippen molar-refractivity contribution in [1.29, 1.82) is 5.26 Å². The van der Waals surface area contributed by atoms with Crippen LogP contribution in [0.5, 0.6) is 0 Å². The smallest absolute Gasteiger partial charge is 0.293 e. The number of aromatic nitrogens is 1. The molecule has 1 aliphatic heterocycles. The van der Waals surface area contributed by atoms with E-state index in [0.717, 1.165) is 63.2 Å². The minimum Gasteiger partial charge on any atom is -0.335 e. The third-order valence-electron chi connectivity index (χ3n) is 5.65. The number of carbonyl (C=O) groups is 1. The Morgan fingerprint density at radius 2 is 1.74 bits per heavy atom. The van der Waals surface area contributed by atoms with Crippen molar-refractivity contribution in [2.75, 3.05) is 31.1 Å². The van der Waals surface area contributed by atoms with Crippen LogP contribution in [-0.2, 0) is 24.1 Å². The zero-order valence-electron chi connectivity index (χ0n) is 17.3. The van der Waals surface area contributed by atoms with Crippen molar-refractivity contribution in [3.8, 4) is 6.07 Å². The summed E-state index contributed by atoms with van der Waals surface area (Å²) in [6, 6.07) is 2.48. The molecule has 0 saturated carbocycles. The molecule has 146 valence electrons. The molecule has 1 aliphatic carbocycles. The Labute approximate surface area is 163 Å². The highest BCUT2D eigenvalue weighted by molar-refractivity contribution is 5.76.